The second-order valence-electron chi connectivity index (χ2n) is 8.87. The van der Waals surface area contributed by atoms with E-state index < -0.39 is 66.2 Å². The molecule has 200 valence electrons. The fourth-order valence-corrected chi connectivity index (χ4v) is 3.42. The largest absolute Gasteiger partial charge is 0.481 e. The highest BCUT2D eigenvalue weighted by molar-refractivity contribution is 5.95. The van der Waals surface area contributed by atoms with E-state index in [1.54, 1.807) is 38.1 Å². The van der Waals surface area contributed by atoms with E-state index in [0.717, 1.165) is 5.56 Å². The summed E-state index contributed by atoms with van der Waals surface area (Å²) in [5.74, 6) is -5.35. The van der Waals surface area contributed by atoms with E-state index in [1.165, 1.54) is 0 Å². The van der Waals surface area contributed by atoms with Gasteiger partial charge in [-0.1, -0.05) is 44.2 Å². The summed E-state index contributed by atoms with van der Waals surface area (Å²) in [5.41, 5.74) is 12.2. The van der Waals surface area contributed by atoms with Crippen LogP contribution >= 0.6 is 0 Å². The molecule has 0 aliphatic carbocycles. The summed E-state index contributed by atoms with van der Waals surface area (Å²) in [6, 6.07) is 4.05. The van der Waals surface area contributed by atoms with Gasteiger partial charge in [0.05, 0.1) is 12.5 Å². The van der Waals surface area contributed by atoms with Crippen molar-refractivity contribution in [2.75, 3.05) is 6.54 Å². The van der Waals surface area contributed by atoms with E-state index in [9.17, 15) is 34.2 Å². The second-order valence-corrected chi connectivity index (χ2v) is 8.87. The summed E-state index contributed by atoms with van der Waals surface area (Å²) in [7, 11) is 0. The molecule has 0 fully saturated rings. The maximum absolute atomic E-state index is 12.9. The van der Waals surface area contributed by atoms with E-state index in [-0.39, 0.29) is 12.8 Å². The van der Waals surface area contributed by atoms with Gasteiger partial charge in [-0.3, -0.25) is 19.2 Å². The van der Waals surface area contributed by atoms with Gasteiger partial charge in [-0.25, -0.2) is 4.79 Å². The topological polar surface area (TPSA) is 214 Å². The molecule has 0 spiro atoms. The molecule has 1 aromatic rings. The Balaban J connectivity index is 2.97. The lowest BCUT2D eigenvalue weighted by molar-refractivity contribution is -0.144. The highest BCUT2D eigenvalue weighted by Gasteiger charge is 2.32. The molecule has 1 aromatic carbocycles. The summed E-state index contributed by atoms with van der Waals surface area (Å²) in [5, 5.41) is 25.8. The number of rotatable bonds is 16. The zero-order valence-corrected chi connectivity index (χ0v) is 20.6. The molecule has 12 heteroatoms. The Bertz CT molecular complexity index is 894. The highest BCUT2D eigenvalue weighted by atomic mass is 16.4. The minimum absolute atomic E-state index is 0.139. The van der Waals surface area contributed by atoms with Gasteiger partial charge in [0, 0.05) is 0 Å². The molecule has 0 saturated heterocycles. The van der Waals surface area contributed by atoms with Crippen molar-refractivity contribution in [3.05, 3.63) is 35.9 Å². The zero-order valence-electron chi connectivity index (χ0n) is 20.6. The first-order valence-electron chi connectivity index (χ1n) is 11.8. The molecule has 1 rings (SSSR count). The summed E-state index contributed by atoms with van der Waals surface area (Å²) in [6.45, 7) is 3.60. The van der Waals surface area contributed by atoms with Crippen LogP contribution in [0.3, 0.4) is 0 Å². The molecule has 0 bridgehead atoms. The number of carboxylic acid groups (broad SMARTS) is 2. The number of carboxylic acids is 2. The Hall–Kier alpha value is -3.51. The number of aliphatic carboxylic acids is 2. The van der Waals surface area contributed by atoms with Crippen LogP contribution in [0.4, 0.5) is 0 Å². The molecule has 0 aliphatic heterocycles. The van der Waals surface area contributed by atoms with Gasteiger partial charge in [0.2, 0.25) is 17.7 Å². The van der Waals surface area contributed by atoms with Crippen LogP contribution in [0, 0.1) is 5.92 Å². The number of amides is 3. The first-order valence-corrected chi connectivity index (χ1v) is 11.8. The average Bonchev–Trinajstić information content (AvgIpc) is 2.81. The van der Waals surface area contributed by atoms with Gasteiger partial charge in [0.15, 0.2) is 0 Å². The molecule has 4 atom stereocenters. The molecular weight excluding hydrogens is 470 g/mol. The Labute approximate surface area is 210 Å². The maximum Gasteiger partial charge on any atom is 0.326 e. The lowest BCUT2D eigenvalue weighted by Gasteiger charge is -2.25. The van der Waals surface area contributed by atoms with Gasteiger partial charge in [-0.2, -0.15) is 0 Å². The van der Waals surface area contributed by atoms with Crippen LogP contribution < -0.4 is 27.4 Å². The second kappa shape index (κ2) is 15.5. The SMILES string of the molecule is CC(C)C(NC(=O)C(CCCCN)NC(=O)C(CC(=O)O)NC(=O)C(N)Cc1ccccc1)C(=O)O. The molecule has 0 radical (unpaired) electrons. The molecule has 36 heavy (non-hydrogen) atoms. The van der Waals surface area contributed by atoms with Gasteiger partial charge in [0.25, 0.3) is 0 Å². The Morgan fingerprint density at radius 1 is 0.861 bits per heavy atom. The number of carbonyl (C=O) groups excluding carboxylic acids is 3. The van der Waals surface area contributed by atoms with Gasteiger partial charge in [-0.15, -0.1) is 0 Å². The van der Waals surface area contributed by atoms with Crippen molar-refractivity contribution in [1.82, 2.24) is 16.0 Å². The van der Waals surface area contributed by atoms with E-state index >= 15 is 0 Å². The first kappa shape index (κ1) is 30.5. The molecule has 12 nitrogen and oxygen atoms in total. The van der Waals surface area contributed by atoms with Crippen LogP contribution in [-0.4, -0.2) is 70.6 Å². The summed E-state index contributed by atoms with van der Waals surface area (Å²) in [6.07, 6.45) is 0.572. The standard InChI is InChI=1S/C24H37N5O7/c1-14(2)20(24(35)36)29-22(33)17(10-6-7-11-25)27-23(34)18(13-19(30)31)28-21(32)16(26)12-15-8-4-3-5-9-15/h3-5,8-9,14,16-18,20H,6-7,10-13,25-26H2,1-2H3,(H,27,34)(H,28,32)(H,29,33)(H,30,31)(H,35,36). The Morgan fingerprint density at radius 3 is 1.97 bits per heavy atom. The minimum Gasteiger partial charge on any atom is -0.481 e. The fraction of sp³-hybridized carbons (Fsp3) is 0.542. The minimum atomic E-state index is -1.50. The quantitative estimate of drug-likeness (QED) is 0.141. The van der Waals surface area contributed by atoms with Gasteiger partial charge in [0.1, 0.15) is 18.1 Å². The predicted molar refractivity (Wildman–Crippen MR) is 132 cm³/mol. The van der Waals surface area contributed by atoms with Crippen LogP contribution in [0.15, 0.2) is 30.3 Å². The third-order valence-electron chi connectivity index (χ3n) is 5.46. The monoisotopic (exact) mass is 507 g/mol. The normalized spacial score (nSPS) is 14.2. The molecular formula is C24H37N5O7. The van der Waals surface area contributed by atoms with Crippen molar-refractivity contribution in [2.45, 2.75) is 70.1 Å². The number of hydrogen-bond acceptors (Lipinski definition) is 7. The van der Waals surface area contributed by atoms with Crippen molar-refractivity contribution in [2.24, 2.45) is 17.4 Å². The lowest BCUT2D eigenvalue weighted by atomic mass is 10.0. The van der Waals surface area contributed by atoms with E-state index in [0.29, 0.717) is 19.4 Å². The Kier molecular flexibility index (Phi) is 13.1. The number of nitrogens with one attached hydrogen (secondary N) is 3. The van der Waals surface area contributed by atoms with E-state index in [2.05, 4.69) is 16.0 Å². The van der Waals surface area contributed by atoms with Crippen molar-refractivity contribution in [3.8, 4) is 0 Å². The van der Waals surface area contributed by atoms with Gasteiger partial charge in [-0.05, 0) is 43.7 Å². The highest BCUT2D eigenvalue weighted by Crippen LogP contribution is 2.08. The Morgan fingerprint density at radius 2 is 1.44 bits per heavy atom. The molecule has 3 amide bonds. The molecule has 0 heterocycles. The van der Waals surface area contributed by atoms with Crippen molar-refractivity contribution in [1.29, 1.82) is 0 Å². The summed E-state index contributed by atoms with van der Waals surface area (Å²) < 4.78 is 0. The average molecular weight is 508 g/mol. The maximum atomic E-state index is 12.9. The van der Waals surface area contributed by atoms with Crippen molar-refractivity contribution in [3.63, 3.8) is 0 Å². The predicted octanol–water partition coefficient (Wildman–Crippen LogP) is -0.645. The number of benzene rings is 1. The fourth-order valence-electron chi connectivity index (χ4n) is 3.42. The number of unbranched alkanes of at least 4 members (excludes halogenated alkanes) is 1. The van der Waals surface area contributed by atoms with Crippen LogP contribution in [0.5, 0.6) is 0 Å². The van der Waals surface area contributed by atoms with Crippen molar-refractivity contribution < 1.29 is 34.2 Å². The van der Waals surface area contributed by atoms with Crippen molar-refractivity contribution >= 4 is 29.7 Å². The van der Waals surface area contributed by atoms with E-state index in [1.807, 2.05) is 6.07 Å². The first-order chi connectivity index (χ1) is 17.0. The van der Waals surface area contributed by atoms with Crippen LogP contribution in [-0.2, 0) is 30.4 Å². The zero-order chi connectivity index (χ0) is 27.3. The third-order valence-corrected chi connectivity index (χ3v) is 5.46. The molecule has 0 aromatic heterocycles. The summed E-state index contributed by atoms with van der Waals surface area (Å²) in [4.78, 5) is 61.2. The molecule has 0 aliphatic rings. The third kappa shape index (κ3) is 10.8. The lowest BCUT2D eigenvalue weighted by Crippen LogP contribution is -2.58. The summed E-state index contributed by atoms with van der Waals surface area (Å²) >= 11 is 0. The smallest absolute Gasteiger partial charge is 0.326 e. The van der Waals surface area contributed by atoms with E-state index in [4.69, 9.17) is 11.5 Å². The van der Waals surface area contributed by atoms with Crippen LogP contribution in [0.2, 0.25) is 0 Å². The van der Waals surface area contributed by atoms with Crippen LogP contribution in [0.25, 0.3) is 0 Å². The molecule has 9 N–H and O–H groups in total. The van der Waals surface area contributed by atoms with Crippen LogP contribution in [0.1, 0.15) is 45.1 Å². The number of hydrogen-bond donors (Lipinski definition) is 7. The van der Waals surface area contributed by atoms with Gasteiger partial charge >= 0.3 is 11.9 Å². The van der Waals surface area contributed by atoms with Gasteiger partial charge < -0.3 is 37.6 Å². The molecule has 4 unspecified atom stereocenters. The number of nitrogens with two attached hydrogens (primary N) is 2. The number of carbonyl (C=O) groups is 5. The molecule has 0 saturated carbocycles.